The van der Waals surface area contributed by atoms with Gasteiger partial charge in [0.2, 0.25) is 0 Å². The molecule has 0 atom stereocenters. The van der Waals surface area contributed by atoms with Crippen molar-refractivity contribution < 1.29 is 9.53 Å². The van der Waals surface area contributed by atoms with Gasteiger partial charge < -0.3 is 15.4 Å². The molecular formula is C13H18N4O2. The molecule has 0 aromatic carbocycles. The van der Waals surface area contributed by atoms with E-state index in [1.807, 2.05) is 24.8 Å². The molecule has 6 nitrogen and oxygen atoms in total. The molecule has 0 saturated carbocycles. The van der Waals surface area contributed by atoms with Gasteiger partial charge in [-0.2, -0.15) is 5.10 Å². The normalized spacial score (nSPS) is 14.4. The van der Waals surface area contributed by atoms with Crippen LogP contribution in [0, 0.1) is 6.92 Å². The van der Waals surface area contributed by atoms with Crippen LogP contribution in [0.1, 0.15) is 25.1 Å². The highest BCUT2D eigenvalue weighted by Crippen LogP contribution is 2.30. The van der Waals surface area contributed by atoms with Crippen LogP contribution in [0.15, 0.2) is 11.6 Å². The Morgan fingerprint density at radius 3 is 2.84 bits per heavy atom. The van der Waals surface area contributed by atoms with Crippen LogP contribution in [0.2, 0.25) is 0 Å². The zero-order valence-electron chi connectivity index (χ0n) is 11.4. The third-order valence-corrected chi connectivity index (χ3v) is 3.06. The van der Waals surface area contributed by atoms with Gasteiger partial charge in [0.1, 0.15) is 0 Å². The van der Waals surface area contributed by atoms with Gasteiger partial charge in [0, 0.05) is 12.1 Å². The zero-order chi connectivity index (χ0) is 14.0. The van der Waals surface area contributed by atoms with Gasteiger partial charge in [-0.3, -0.25) is 0 Å². The molecule has 0 aliphatic carbocycles. The Hall–Kier alpha value is -2.11. The maximum atomic E-state index is 11.9. The van der Waals surface area contributed by atoms with Gasteiger partial charge in [0.05, 0.1) is 30.1 Å². The number of esters is 1. The molecule has 1 aliphatic rings. The van der Waals surface area contributed by atoms with Gasteiger partial charge in [-0.05, 0) is 26.8 Å². The van der Waals surface area contributed by atoms with Crippen molar-refractivity contribution in [1.29, 1.82) is 0 Å². The molecule has 0 spiro atoms. The van der Waals surface area contributed by atoms with Crippen molar-refractivity contribution in [2.75, 3.05) is 24.6 Å². The van der Waals surface area contributed by atoms with Crippen molar-refractivity contribution in [2.45, 2.75) is 20.8 Å². The number of nitrogens with zero attached hydrogens (tertiary/aromatic N) is 3. The van der Waals surface area contributed by atoms with Gasteiger partial charge in [-0.25, -0.2) is 4.79 Å². The second-order valence-electron chi connectivity index (χ2n) is 4.35. The van der Waals surface area contributed by atoms with E-state index >= 15 is 0 Å². The Balaban J connectivity index is 2.51. The number of aryl methyl sites for hydroxylation is 1. The first kappa shape index (κ1) is 13.3. The van der Waals surface area contributed by atoms with Gasteiger partial charge in [-0.1, -0.05) is 0 Å². The lowest BCUT2D eigenvalue weighted by Crippen LogP contribution is -2.35. The summed E-state index contributed by atoms with van der Waals surface area (Å²) in [5.41, 5.74) is 8.54. The van der Waals surface area contributed by atoms with E-state index in [0.717, 1.165) is 23.6 Å². The summed E-state index contributed by atoms with van der Waals surface area (Å²) in [5, 5.41) is 8.22. The molecule has 0 bridgehead atoms. The summed E-state index contributed by atoms with van der Waals surface area (Å²) in [5.74, 6) is 0.359. The fourth-order valence-electron chi connectivity index (χ4n) is 2.08. The average molecular weight is 262 g/mol. The maximum Gasteiger partial charge on any atom is 0.337 e. The Bertz CT molecular complexity index is 539. The van der Waals surface area contributed by atoms with E-state index in [1.54, 1.807) is 6.92 Å². The van der Waals surface area contributed by atoms with Gasteiger partial charge in [0.25, 0.3) is 0 Å². The molecule has 0 radical (unpaired) electrons. The molecule has 2 rings (SSSR count). The van der Waals surface area contributed by atoms with Crippen LogP contribution in [0.4, 0.5) is 5.82 Å². The largest absolute Gasteiger partial charge is 0.463 e. The Morgan fingerprint density at radius 2 is 2.21 bits per heavy atom. The van der Waals surface area contributed by atoms with Crippen molar-refractivity contribution in [3.05, 3.63) is 22.9 Å². The topological polar surface area (TPSA) is 81.3 Å². The molecule has 2 heterocycles. The van der Waals surface area contributed by atoms with Crippen LogP contribution in [0.5, 0.6) is 0 Å². The molecular weight excluding hydrogens is 244 g/mol. The van der Waals surface area contributed by atoms with Crippen LogP contribution < -0.4 is 10.6 Å². The molecule has 1 aromatic rings. The SMILES string of the molecule is CCOC(=O)C1=C(N)c2cc(C)nnc2N(CC)C1. The Labute approximate surface area is 112 Å². The highest BCUT2D eigenvalue weighted by Gasteiger charge is 2.28. The van der Waals surface area contributed by atoms with Crippen LogP contribution in [0.3, 0.4) is 0 Å². The Morgan fingerprint density at radius 1 is 1.47 bits per heavy atom. The van der Waals surface area contributed by atoms with Crippen molar-refractivity contribution in [2.24, 2.45) is 5.73 Å². The van der Waals surface area contributed by atoms with E-state index in [2.05, 4.69) is 10.2 Å². The standard InChI is InChI=1S/C13H18N4O2/c1-4-17-7-10(13(18)19-5-2)11(14)9-6-8(3)15-16-12(9)17/h6H,4-5,7,14H2,1-3H3. The third kappa shape index (κ3) is 2.38. The first-order valence-electron chi connectivity index (χ1n) is 6.33. The quantitative estimate of drug-likeness (QED) is 0.814. The minimum absolute atomic E-state index is 0.336. The molecule has 0 amide bonds. The fraction of sp³-hybridized carbons (Fsp3) is 0.462. The number of ether oxygens (including phenoxy) is 1. The summed E-state index contributed by atoms with van der Waals surface area (Å²) in [6.45, 7) is 7.08. The highest BCUT2D eigenvalue weighted by atomic mass is 16.5. The van der Waals surface area contributed by atoms with Crippen LogP contribution >= 0.6 is 0 Å². The van der Waals surface area contributed by atoms with E-state index in [4.69, 9.17) is 10.5 Å². The van der Waals surface area contributed by atoms with Crippen molar-refractivity contribution in [3.8, 4) is 0 Å². The fourth-order valence-corrected chi connectivity index (χ4v) is 2.08. The number of hydrogen-bond acceptors (Lipinski definition) is 6. The zero-order valence-corrected chi connectivity index (χ0v) is 11.4. The number of anilines is 1. The van der Waals surface area contributed by atoms with Crippen LogP contribution in [-0.4, -0.2) is 35.9 Å². The van der Waals surface area contributed by atoms with E-state index in [-0.39, 0.29) is 5.97 Å². The molecule has 102 valence electrons. The van der Waals surface area contributed by atoms with E-state index in [9.17, 15) is 4.79 Å². The van der Waals surface area contributed by atoms with Crippen molar-refractivity contribution in [1.82, 2.24) is 10.2 Å². The lowest BCUT2D eigenvalue weighted by molar-refractivity contribution is -0.138. The molecule has 0 unspecified atom stereocenters. The predicted molar refractivity (Wildman–Crippen MR) is 72.4 cm³/mol. The number of carbonyl (C=O) groups excluding carboxylic acids is 1. The number of likely N-dealkylation sites (N-methyl/N-ethyl adjacent to an activating group) is 1. The van der Waals surface area contributed by atoms with Gasteiger partial charge in [-0.15, -0.1) is 5.10 Å². The summed E-state index contributed by atoms with van der Waals surface area (Å²) in [6.07, 6.45) is 0. The second-order valence-corrected chi connectivity index (χ2v) is 4.35. The van der Waals surface area contributed by atoms with Gasteiger partial charge >= 0.3 is 5.97 Å². The minimum atomic E-state index is -0.362. The summed E-state index contributed by atoms with van der Waals surface area (Å²) in [4.78, 5) is 13.9. The van der Waals surface area contributed by atoms with Gasteiger partial charge in [0.15, 0.2) is 5.82 Å². The van der Waals surface area contributed by atoms with E-state index < -0.39 is 0 Å². The van der Waals surface area contributed by atoms with Crippen molar-refractivity contribution >= 4 is 17.5 Å². The van der Waals surface area contributed by atoms with Crippen LogP contribution in [-0.2, 0) is 9.53 Å². The number of fused-ring (bicyclic) bond motifs is 1. The predicted octanol–water partition coefficient (Wildman–Crippen LogP) is 0.858. The maximum absolute atomic E-state index is 11.9. The molecule has 19 heavy (non-hydrogen) atoms. The monoisotopic (exact) mass is 262 g/mol. The number of carbonyl (C=O) groups is 1. The average Bonchev–Trinajstić information content (AvgIpc) is 2.40. The van der Waals surface area contributed by atoms with E-state index in [1.165, 1.54) is 0 Å². The first-order chi connectivity index (χ1) is 9.08. The summed E-state index contributed by atoms with van der Waals surface area (Å²) < 4.78 is 5.05. The molecule has 0 saturated heterocycles. The number of rotatable bonds is 3. The Kier molecular flexibility index (Phi) is 3.69. The molecule has 0 fully saturated rings. The number of nitrogens with two attached hydrogens (primary N) is 1. The summed E-state index contributed by atoms with van der Waals surface area (Å²) >= 11 is 0. The number of aromatic nitrogens is 2. The molecule has 6 heteroatoms. The smallest absolute Gasteiger partial charge is 0.337 e. The lowest BCUT2D eigenvalue weighted by atomic mass is 10.0. The lowest BCUT2D eigenvalue weighted by Gasteiger charge is -2.29. The van der Waals surface area contributed by atoms with E-state index in [0.29, 0.717) is 24.4 Å². The summed E-state index contributed by atoms with van der Waals surface area (Å²) in [7, 11) is 0. The van der Waals surface area contributed by atoms with Crippen molar-refractivity contribution in [3.63, 3.8) is 0 Å². The molecule has 2 N–H and O–H groups in total. The highest BCUT2D eigenvalue weighted by molar-refractivity contribution is 6.00. The second kappa shape index (κ2) is 5.26. The van der Waals surface area contributed by atoms with Crippen LogP contribution in [0.25, 0.3) is 5.70 Å². The molecule has 1 aromatic heterocycles. The number of hydrogen-bond donors (Lipinski definition) is 1. The molecule has 1 aliphatic heterocycles. The summed E-state index contributed by atoms with van der Waals surface area (Å²) in [6, 6.07) is 1.85. The first-order valence-corrected chi connectivity index (χ1v) is 6.33. The third-order valence-electron chi connectivity index (χ3n) is 3.06. The minimum Gasteiger partial charge on any atom is -0.463 e.